The Morgan fingerprint density at radius 1 is 1.03 bits per heavy atom. The van der Waals surface area contributed by atoms with Crippen molar-refractivity contribution in [1.82, 2.24) is 15.5 Å². The van der Waals surface area contributed by atoms with Gasteiger partial charge >= 0.3 is 0 Å². The Morgan fingerprint density at radius 2 is 1.79 bits per heavy atom. The molecule has 5 rings (SSSR count). The van der Waals surface area contributed by atoms with Crippen molar-refractivity contribution in [1.29, 1.82) is 0 Å². The van der Waals surface area contributed by atoms with Crippen LogP contribution in [0.15, 0.2) is 72.8 Å². The number of amides is 1. The van der Waals surface area contributed by atoms with Crippen molar-refractivity contribution >= 4 is 16.8 Å². The first-order valence-electron chi connectivity index (χ1n) is 10.1. The molecule has 3 aromatic carbocycles. The van der Waals surface area contributed by atoms with Gasteiger partial charge in [-0.15, -0.1) is 0 Å². The zero-order valence-corrected chi connectivity index (χ0v) is 16.4. The van der Waals surface area contributed by atoms with Gasteiger partial charge in [-0.05, 0) is 49.4 Å². The van der Waals surface area contributed by atoms with E-state index in [1.807, 2.05) is 36.4 Å². The standard InChI is InChI=1S/C25H23N3O/c1-16-7-9-19(10-8-16)24-21-15-20(13-14-22(21)27-28-24)25(29)26-23(18-11-12-18)17-5-3-2-4-6-17/h2-10,13-15,18,23H,11-12H2,1H3,(H,26,29)(H,27,28). The quantitative estimate of drug-likeness (QED) is 0.485. The van der Waals surface area contributed by atoms with Gasteiger partial charge in [0.05, 0.1) is 17.3 Å². The number of aryl methyl sites for hydroxylation is 1. The minimum Gasteiger partial charge on any atom is -0.345 e. The second kappa shape index (κ2) is 7.21. The zero-order chi connectivity index (χ0) is 19.8. The van der Waals surface area contributed by atoms with Gasteiger partial charge in [0.15, 0.2) is 0 Å². The normalized spacial score (nSPS) is 14.7. The van der Waals surface area contributed by atoms with Gasteiger partial charge in [-0.2, -0.15) is 5.10 Å². The lowest BCUT2D eigenvalue weighted by molar-refractivity contribution is 0.0932. The predicted octanol–water partition coefficient (Wildman–Crippen LogP) is 5.42. The number of carbonyl (C=O) groups is 1. The summed E-state index contributed by atoms with van der Waals surface area (Å²) in [4.78, 5) is 13.1. The van der Waals surface area contributed by atoms with Crippen molar-refractivity contribution in [2.75, 3.05) is 0 Å². The molecule has 4 heteroatoms. The summed E-state index contributed by atoms with van der Waals surface area (Å²) in [6, 6.07) is 24.4. The van der Waals surface area contributed by atoms with Crippen molar-refractivity contribution in [3.8, 4) is 11.3 Å². The maximum Gasteiger partial charge on any atom is 0.251 e. The number of H-pyrrole nitrogens is 1. The van der Waals surface area contributed by atoms with Crippen LogP contribution in [0, 0.1) is 12.8 Å². The lowest BCUT2D eigenvalue weighted by atomic mass is 10.0. The van der Waals surface area contributed by atoms with E-state index in [0.29, 0.717) is 11.5 Å². The van der Waals surface area contributed by atoms with Gasteiger partial charge in [0.1, 0.15) is 0 Å². The van der Waals surface area contributed by atoms with Gasteiger partial charge < -0.3 is 5.32 Å². The minimum atomic E-state index is -0.0382. The first-order chi connectivity index (χ1) is 14.2. The fourth-order valence-corrected chi connectivity index (χ4v) is 3.87. The fourth-order valence-electron chi connectivity index (χ4n) is 3.87. The van der Waals surface area contributed by atoms with E-state index in [-0.39, 0.29) is 11.9 Å². The molecule has 0 spiro atoms. The van der Waals surface area contributed by atoms with Gasteiger partial charge in [-0.1, -0.05) is 60.2 Å². The molecule has 144 valence electrons. The Bertz CT molecular complexity index is 1160. The van der Waals surface area contributed by atoms with E-state index in [2.05, 4.69) is 58.8 Å². The number of nitrogens with zero attached hydrogens (tertiary/aromatic N) is 1. The minimum absolute atomic E-state index is 0.0382. The highest BCUT2D eigenvalue weighted by molar-refractivity contribution is 6.01. The molecule has 0 saturated heterocycles. The lowest BCUT2D eigenvalue weighted by Gasteiger charge is -2.19. The molecule has 2 N–H and O–H groups in total. The molecule has 1 fully saturated rings. The summed E-state index contributed by atoms with van der Waals surface area (Å²) in [7, 11) is 0. The van der Waals surface area contributed by atoms with Crippen LogP contribution in [0.1, 0.15) is 40.4 Å². The smallest absolute Gasteiger partial charge is 0.251 e. The largest absolute Gasteiger partial charge is 0.345 e. The van der Waals surface area contributed by atoms with Crippen molar-refractivity contribution < 1.29 is 4.79 Å². The van der Waals surface area contributed by atoms with Crippen LogP contribution in [0.3, 0.4) is 0 Å². The molecule has 0 bridgehead atoms. The van der Waals surface area contributed by atoms with Crippen molar-refractivity contribution in [2.24, 2.45) is 5.92 Å². The molecule has 29 heavy (non-hydrogen) atoms. The second-order valence-electron chi connectivity index (χ2n) is 7.90. The first-order valence-corrected chi connectivity index (χ1v) is 10.1. The molecule has 1 amide bonds. The Hall–Kier alpha value is -3.40. The number of aromatic nitrogens is 2. The summed E-state index contributed by atoms with van der Waals surface area (Å²) in [5.41, 5.74) is 5.89. The molecule has 1 atom stereocenters. The highest BCUT2D eigenvalue weighted by Crippen LogP contribution is 2.41. The number of aromatic amines is 1. The number of benzene rings is 3. The number of fused-ring (bicyclic) bond motifs is 1. The molecule has 1 heterocycles. The molecule has 4 aromatic rings. The number of hydrogen-bond acceptors (Lipinski definition) is 2. The monoisotopic (exact) mass is 381 g/mol. The number of hydrogen-bond donors (Lipinski definition) is 2. The molecule has 1 aromatic heterocycles. The van der Waals surface area contributed by atoms with Gasteiger partial charge in [0, 0.05) is 16.5 Å². The van der Waals surface area contributed by atoms with Gasteiger partial charge in [0.25, 0.3) is 5.91 Å². The topological polar surface area (TPSA) is 57.8 Å². The van der Waals surface area contributed by atoms with Gasteiger partial charge in [-0.3, -0.25) is 9.89 Å². The summed E-state index contributed by atoms with van der Waals surface area (Å²) in [5.74, 6) is 0.492. The third-order valence-electron chi connectivity index (χ3n) is 5.69. The molecule has 1 saturated carbocycles. The van der Waals surface area contributed by atoms with Gasteiger partial charge in [0.2, 0.25) is 0 Å². The Labute approximate surface area is 170 Å². The summed E-state index contributed by atoms with van der Waals surface area (Å²) < 4.78 is 0. The Balaban J connectivity index is 1.46. The van der Waals surface area contributed by atoms with Crippen LogP contribution in [-0.4, -0.2) is 16.1 Å². The molecule has 1 unspecified atom stereocenters. The first kappa shape index (κ1) is 17.7. The molecular weight excluding hydrogens is 358 g/mol. The van der Waals surface area contributed by atoms with Crippen LogP contribution >= 0.6 is 0 Å². The molecular formula is C25H23N3O. The Kier molecular flexibility index (Phi) is 4.39. The molecule has 0 radical (unpaired) electrons. The van der Waals surface area contributed by atoms with Crippen molar-refractivity contribution in [3.05, 3.63) is 89.5 Å². The number of nitrogens with one attached hydrogen (secondary N) is 2. The average molecular weight is 381 g/mol. The van der Waals surface area contributed by atoms with Crippen LogP contribution < -0.4 is 5.32 Å². The SMILES string of the molecule is Cc1ccc(-c2n[nH]c3ccc(C(=O)NC(c4ccccc4)C4CC4)cc23)cc1. The summed E-state index contributed by atoms with van der Waals surface area (Å²) in [6.45, 7) is 2.07. The van der Waals surface area contributed by atoms with E-state index in [0.717, 1.165) is 35.0 Å². The van der Waals surface area contributed by atoms with E-state index in [9.17, 15) is 4.79 Å². The number of rotatable bonds is 5. The van der Waals surface area contributed by atoms with Crippen LogP contribution in [0.2, 0.25) is 0 Å². The lowest BCUT2D eigenvalue weighted by Crippen LogP contribution is -2.29. The zero-order valence-electron chi connectivity index (χ0n) is 16.4. The number of carbonyl (C=O) groups excluding carboxylic acids is 1. The van der Waals surface area contributed by atoms with E-state index in [1.165, 1.54) is 11.1 Å². The molecule has 1 aliphatic rings. The van der Waals surface area contributed by atoms with Crippen LogP contribution in [0.5, 0.6) is 0 Å². The molecule has 0 aliphatic heterocycles. The molecule has 1 aliphatic carbocycles. The summed E-state index contributed by atoms with van der Waals surface area (Å²) in [6.07, 6.45) is 2.33. The highest BCUT2D eigenvalue weighted by atomic mass is 16.1. The van der Waals surface area contributed by atoms with Crippen molar-refractivity contribution in [2.45, 2.75) is 25.8 Å². The predicted molar refractivity (Wildman–Crippen MR) is 116 cm³/mol. The van der Waals surface area contributed by atoms with E-state index >= 15 is 0 Å². The van der Waals surface area contributed by atoms with Crippen LogP contribution in [-0.2, 0) is 0 Å². The van der Waals surface area contributed by atoms with Crippen LogP contribution in [0.25, 0.3) is 22.2 Å². The molecule has 4 nitrogen and oxygen atoms in total. The maximum atomic E-state index is 13.1. The van der Waals surface area contributed by atoms with E-state index < -0.39 is 0 Å². The second-order valence-corrected chi connectivity index (χ2v) is 7.90. The maximum absolute atomic E-state index is 13.1. The van der Waals surface area contributed by atoms with E-state index in [1.54, 1.807) is 0 Å². The summed E-state index contributed by atoms with van der Waals surface area (Å²) in [5, 5.41) is 11.8. The van der Waals surface area contributed by atoms with Crippen LogP contribution in [0.4, 0.5) is 0 Å². The fraction of sp³-hybridized carbons (Fsp3) is 0.200. The highest BCUT2D eigenvalue weighted by Gasteiger charge is 2.33. The average Bonchev–Trinajstić information content (AvgIpc) is 3.51. The van der Waals surface area contributed by atoms with E-state index in [4.69, 9.17) is 0 Å². The van der Waals surface area contributed by atoms with Gasteiger partial charge in [-0.25, -0.2) is 0 Å². The summed E-state index contributed by atoms with van der Waals surface area (Å²) >= 11 is 0. The third-order valence-corrected chi connectivity index (χ3v) is 5.69. The third kappa shape index (κ3) is 3.54. The Morgan fingerprint density at radius 3 is 2.52 bits per heavy atom. The van der Waals surface area contributed by atoms with Crippen molar-refractivity contribution in [3.63, 3.8) is 0 Å².